The molecule has 1 aromatic heterocycles. The maximum absolute atomic E-state index is 13.5. The molecule has 2 amide bonds. The number of carbonyl (C=O) groups is 2. The summed E-state index contributed by atoms with van der Waals surface area (Å²) in [5.74, 6) is -0.506. The summed E-state index contributed by atoms with van der Waals surface area (Å²) in [6.45, 7) is 7.03. The summed E-state index contributed by atoms with van der Waals surface area (Å²) >= 11 is 0. The number of methoxy groups -OCH3 is 1. The SMILES string of the molecule is COC(=O)N[C@H](C(=O)N1CC2(CC1c1nc3ccc(C)cc3[nH]1)OCCO2)C(C)C. The van der Waals surface area contributed by atoms with Gasteiger partial charge in [-0.25, -0.2) is 9.78 Å². The van der Waals surface area contributed by atoms with Crippen LogP contribution in [0.1, 0.15) is 37.7 Å². The van der Waals surface area contributed by atoms with Crippen LogP contribution >= 0.6 is 0 Å². The third-order valence-corrected chi connectivity index (χ3v) is 5.75. The smallest absolute Gasteiger partial charge is 0.407 e. The van der Waals surface area contributed by atoms with Gasteiger partial charge in [-0.1, -0.05) is 19.9 Å². The van der Waals surface area contributed by atoms with Crippen LogP contribution < -0.4 is 5.32 Å². The molecule has 2 N–H and O–H groups in total. The molecule has 0 aliphatic carbocycles. The second kappa shape index (κ2) is 7.88. The molecule has 2 saturated heterocycles. The van der Waals surface area contributed by atoms with E-state index in [1.165, 1.54) is 7.11 Å². The quantitative estimate of drug-likeness (QED) is 0.792. The van der Waals surface area contributed by atoms with Crippen LogP contribution in [0.2, 0.25) is 0 Å². The molecule has 0 saturated carbocycles. The predicted octanol–water partition coefficient (Wildman–Crippen LogP) is 2.27. The number of likely N-dealkylation sites (tertiary alicyclic amines) is 1. The highest BCUT2D eigenvalue weighted by molar-refractivity contribution is 5.86. The summed E-state index contributed by atoms with van der Waals surface area (Å²) in [5, 5.41) is 2.66. The number of carbonyl (C=O) groups excluding carboxylic acids is 2. The zero-order valence-electron chi connectivity index (χ0n) is 17.7. The third-order valence-electron chi connectivity index (χ3n) is 5.75. The average molecular weight is 416 g/mol. The number of rotatable bonds is 4. The van der Waals surface area contributed by atoms with Crippen molar-refractivity contribution in [2.75, 3.05) is 26.9 Å². The molecule has 9 heteroatoms. The molecule has 30 heavy (non-hydrogen) atoms. The normalized spacial score (nSPS) is 21.5. The Bertz CT molecular complexity index is 950. The number of alkyl carbamates (subject to hydrolysis) is 1. The Hall–Kier alpha value is -2.65. The fraction of sp³-hybridized carbons (Fsp3) is 0.571. The first-order valence-corrected chi connectivity index (χ1v) is 10.2. The molecular weight excluding hydrogens is 388 g/mol. The topological polar surface area (TPSA) is 106 Å². The Morgan fingerprint density at radius 2 is 2.07 bits per heavy atom. The van der Waals surface area contributed by atoms with Crippen molar-refractivity contribution in [2.24, 2.45) is 5.92 Å². The van der Waals surface area contributed by atoms with E-state index in [9.17, 15) is 9.59 Å². The molecule has 1 spiro atoms. The number of ether oxygens (including phenoxy) is 3. The maximum atomic E-state index is 13.5. The minimum atomic E-state index is -0.845. The van der Waals surface area contributed by atoms with E-state index in [0.29, 0.717) is 25.5 Å². The molecule has 1 unspecified atom stereocenters. The van der Waals surface area contributed by atoms with E-state index in [1.54, 1.807) is 4.90 Å². The number of H-pyrrole nitrogens is 1. The zero-order valence-corrected chi connectivity index (χ0v) is 17.7. The van der Waals surface area contributed by atoms with Gasteiger partial charge in [0.2, 0.25) is 5.91 Å². The lowest BCUT2D eigenvalue weighted by Crippen LogP contribution is -2.52. The molecule has 2 aliphatic rings. The molecule has 2 atom stereocenters. The van der Waals surface area contributed by atoms with E-state index < -0.39 is 17.9 Å². The molecule has 9 nitrogen and oxygen atoms in total. The van der Waals surface area contributed by atoms with Crippen LogP contribution in [0.3, 0.4) is 0 Å². The molecule has 2 fully saturated rings. The lowest BCUT2D eigenvalue weighted by molar-refractivity contribution is -0.153. The van der Waals surface area contributed by atoms with Crippen molar-refractivity contribution in [1.29, 1.82) is 0 Å². The number of hydrogen-bond donors (Lipinski definition) is 2. The van der Waals surface area contributed by atoms with E-state index in [-0.39, 0.29) is 24.4 Å². The largest absolute Gasteiger partial charge is 0.453 e. The van der Waals surface area contributed by atoms with Crippen LogP contribution in [0.25, 0.3) is 11.0 Å². The number of amides is 2. The number of benzene rings is 1. The highest BCUT2D eigenvalue weighted by Gasteiger charge is 2.52. The van der Waals surface area contributed by atoms with Gasteiger partial charge in [-0.05, 0) is 30.5 Å². The molecule has 0 bridgehead atoms. The average Bonchev–Trinajstić information content (AvgIpc) is 3.43. The van der Waals surface area contributed by atoms with Crippen molar-refractivity contribution in [3.05, 3.63) is 29.6 Å². The second-order valence-corrected chi connectivity index (χ2v) is 8.29. The maximum Gasteiger partial charge on any atom is 0.407 e. The van der Waals surface area contributed by atoms with Crippen LogP contribution in [0.4, 0.5) is 4.79 Å². The van der Waals surface area contributed by atoms with Crippen molar-refractivity contribution in [2.45, 2.75) is 45.1 Å². The number of imidazole rings is 1. The monoisotopic (exact) mass is 416 g/mol. The van der Waals surface area contributed by atoms with Gasteiger partial charge in [0.25, 0.3) is 0 Å². The number of aromatic amines is 1. The van der Waals surface area contributed by atoms with Crippen LogP contribution in [0, 0.1) is 12.8 Å². The first kappa shape index (κ1) is 20.6. The number of fused-ring (bicyclic) bond motifs is 1. The summed E-state index contributed by atoms with van der Waals surface area (Å²) in [5.41, 5.74) is 2.88. The molecule has 2 aromatic rings. The van der Waals surface area contributed by atoms with E-state index >= 15 is 0 Å². The first-order valence-electron chi connectivity index (χ1n) is 10.2. The van der Waals surface area contributed by atoms with Crippen LogP contribution in [-0.2, 0) is 19.0 Å². The minimum Gasteiger partial charge on any atom is -0.453 e. The Kier molecular flexibility index (Phi) is 5.42. The van der Waals surface area contributed by atoms with Gasteiger partial charge in [-0.15, -0.1) is 0 Å². The minimum absolute atomic E-state index is 0.127. The predicted molar refractivity (Wildman–Crippen MR) is 109 cm³/mol. The van der Waals surface area contributed by atoms with Crippen molar-refractivity contribution in [3.63, 3.8) is 0 Å². The highest BCUT2D eigenvalue weighted by Crippen LogP contribution is 2.42. The number of nitrogens with one attached hydrogen (secondary N) is 2. The van der Waals surface area contributed by atoms with Crippen LogP contribution in [0.5, 0.6) is 0 Å². The molecular formula is C21H28N4O5. The Labute approximate surface area is 175 Å². The van der Waals surface area contributed by atoms with Gasteiger partial charge in [-0.3, -0.25) is 4.79 Å². The molecule has 1 aromatic carbocycles. The van der Waals surface area contributed by atoms with Gasteiger partial charge in [0.05, 0.1) is 43.9 Å². The molecule has 162 valence electrons. The third kappa shape index (κ3) is 3.75. The van der Waals surface area contributed by atoms with Gasteiger partial charge in [0, 0.05) is 6.42 Å². The Morgan fingerprint density at radius 1 is 1.33 bits per heavy atom. The summed E-state index contributed by atoms with van der Waals surface area (Å²) in [6.07, 6.45) is -0.166. The van der Waals surface area contributed by atoms with Gasteiger partial charge < -0.3 is 29.4 Å². The lowest BCUT2D eigenvalue weighted by atomic mass is 10.0. The Balaban J connectivity index is 1.68. The molecule has 0 radical (unpaired) electrons. The second-order valence-electron chi connectivity index (χ2n) is 8.29. The van der Waals surface area contributed by atoms with Gasteiger partial charge >= 0.3 is 6.09 Å². The van der Waals surface area contributed by atoms with Crippen molar-refractivity contribution in [1.82, 2.24) is 20.2 Å². The number of hydrogen-bond acceptors (Lipinski definition) is 6. The van der Waals surface area contributed by atoms with E-state index in [1.807, 2.05) is 39.0 Å². The lowest BCUT2D eigenvalue weighted by Gasteiger charge is -2.30. The molecule has 3 heterocycles. The van der Waals surface area contributed by atoms with Crippen molar-refractivity contribution in [3.8, 4) is 0 Å². The standard InChI is InChI=1S/C21H28N4O5/c1-12(2)17(24-20(27)28-4)19(26)25-11-21(29-7-8-30-21)10-16(25)18-22-14-6-5-13(3)9-15(14)23-18/h5-6,9,12,16-17H,7-8,10-11H2,1-4H3,(H,22,23)(H,24,27)/t16?,17-/m0/s1. The van der Waals surface area contributed by atoms with Gasteiger partial charge in [0.15, 0.2) is 5.79 Å². The fourth-order valence-electron chi connectivity index (χ4n) is 4.20. The summed E-state index contributed by atoms with van der Waals surface area (Å²) in [7, 11) is 1.28. The van der Waals surface area contributed by atoms with E-state index in [4.69, 9.17) is 19.2 Å². The van der Waals surface area contributed by atoms with Crippen molar-refractivity contribution < 1.29 is 23.8 Å². The zero-order chi connectivity index (χ0) is 21.5. The Morgan fingerprint density at radius 3 is 2.73 bits per heavy atom. The number of aryl methyl sites for hydroxylation is 1. The fourth-order valence-corrected chi connectivity index (χ4v) is 4.20. The van der Waals surface area contributed by atoms with E-state index in [0.717, 1.165) is 16.6 Å². The van der Waals surface area contributed by atoms with Gasteiger partial charge in [0.1, 0.15) is 11.9 Å². The van der Waals surface area contributed by atoms with Gasteiger partial charge in [-0.2, -0.15) is 0 Å². The summed E-state index contributed by atoms with van der Waals surface area (Å²) in [4.78, 5) is 35.2. The molecule has 4 rings (SSSR count). The highest BCUT2D eigenvalue weighted by atomic mass is 16.7. The first-order chi connectivity index (χ1) is 14.3. The van der Waals surface area contributed by atoms with E-state index in [2.05, 4.69) is 10.3 Å². The summed E-state index contributed by atoms with van der Waals surface area (Å²) in [6, 6.07) is 4.90. The van der Waals surface area contributed by atoms with Crippen molar-refractivity contribution >= 4 is 23.0 Å². The van der Waals surface area contributed by atoms with Crippen LogP contribution in [0.15, 0.2) is 18.2 Å². The van der Waals surface area contributed by atoms with Crippen LogP contribution in [-0.4, -0.2) is 65.6 Å². The number of aromatic nitrogens is 2. The molecule has 2 aliphatic heterocycles. The summed E-state index contributed by atoms with van der Waals surface area (Å²) < 4.78 is 16.5. The number of nitrogens with zero attached hydrogens (tertiary/aromatic N) is 2.